The molecule has 2 N–H and O–H groups in total. The second kappa shape index (κ2) is 7.21. The van der Waals surface area contributed by atoms with Gasteiger partial charge in [-0.1, -0.05) is 18.2 Å². The number of aryl methyl sites for hydroxylation is 2. The van der Waals surface area contributed by atoms with Crippen LogP contribution < -0.4 is 10.0 Å². The van der Waals surface area contributed by atoms with E-state index in [4.69, 9.17) is 0 Å². The van der Waals surface area contributed by atoms with Crippen LogP contribution in [0.1, 0.15) is 42.5 Å². The third kappa shape index (κ3) is 4.31. The summed E-state index contributed by atoms with van der Waals surface area (Å²) in [6, 6.07) is 12.0. The highest BCUT2D eigenvalue weighted by atomic mass is 32.2. The predicted octanol–water partition coefficient (Wildman–Crippen LogP) is 3.69. The number of carbonyl (C=O) groups is 1. The summed E-state index contributed by atoms with van der Waals surface area (Å²) in [4.78, 5) is 12.1. The van der Waals surface area contributed by atoms with Gasteiger partial charge in [0.25, 0.3) is 0 Å². The summed E-state index contributed by atoms with van der Waals surface area (Å²) in [7, 11) is -3.60. The number of nitrogens with one attached hydrogen (secondary N) is 2. The van der Waals surface area contributed by atoms with Crippen molar-refractivity contribution in [1.82, 2.24) is 4.72 Å². The van der Waals surface area contributed by atoms with Crippen molar-refractivity contribution in [2.75, 3.05) is 5.32 Å². The van der Waals surface area contributed by atoms with Gasteiger partial charge in [0.05, 0.1) is 4.90 Å². The molecule has 6 heteroatoms. The van der Waals surface area contributed by atoms with Gasteiger partial charge in [0.15, 0.2) is 0 Å². The lowest BCUT2D eigenvalue weighted by molar-refractivity contribution is -0.117. The Hall–Kier alpha value is -2.18. The maximum atomic E-state index is 12.6. The van der Waals surface area contributed by atoms with Crippen molar-refractivity contribution in [3.8, 4) is 0 Å². The van der Waals surface area contributed by atoms with Crippen LogP contribution in [-0.2, 0) is 14.8 Å². The Morgan fingerprint density at radius 3 is 2.27 bits per heavy atom. The number of carbonyl (C=O) groups excluding carboxylic acids is 1. The second-order valence-corrected chi connectivity index (χ2v) is 8.69. The first-order chi connectivity index (χ1) is 12.3. The number of sulfonamides is 1. The van der Waals surface area contributed by atoms with E-state index in [9.17, 15) is 13.2 Å². The average Bonchev–Trinajstić information content (AvgIpc) is 3.42. The third-order valence-electron chi connectivity index (χ3n) is 4.75. The molecule has 0 aromatic heterocycles. The Morgan fingerprint density at radius 2 is 1.69 bits per heavy atom. The summed E-state index contributed by atoms with van der Waals surface area (Å²) >= 11 is 0. The van der Waals surface area contributed by atoms with Crippen molar-refractivity contribution >= 4 is 21.6 Å². The molecule has 0 spiro atoms. The molecule has 1 fully saturated rings. The highest BCUT2D eigenvalue weighted by molar-refractivity contribution is 7.89. The first-order valence-corrected chi connectivity index (χ1v) is 10.2. The van der Waals surface area contributed by atoms with Crippen molar-refractivity contribution in [3.05, 3.63) is 59.2 Å². The number of anilines is 1. The first-order valence-electron chi connectivity index (χ1n) is 8.76. The maximum absolute atomic E-state index is 12.6. The van der Waals surface area contributed by atoms with Gasteiger partial charge < -0.3 is 5.32 Å². The fourth-order valence-electron chi connectivity index (χ4n) is 2.69. The van der Waals surface area contributed by atoms with Crippen molar-refractivity contribution in [3.63, 3.8) is 0 Å². The molecule has 3 rings (SSSR count). The molecule has 1 aliphatic rings. The lowest BCUT2D eigenvalue weighted by Crippen LogP contribution is -2.27. The standard InChI is InChI=1S/C20H24N2O3S/c1-13-4-11-19(12-14(13)2)26(24,25)22-15(3)16-7-9-18(10-8-16)21-20(23)17-5-6-17/h4,7-12,15,17,22H,5-6H2,1-3H3,(H,21,23). The van der Waals surface area contributed by atoms with Gasteiger partial charge in [-0.2, -0.15) is 0 Å². The highest BCUT2D eigenvalue weighted by Crippen LogP contribution is 2.30. The third-order valence-corrected chi connectivity index (χ3v) is 6.29. The lowest BCUT2D eigenvalue weighted by Gasteiger charge is -2.16. The normalized spacial score (nSPS) is 15.5. The van der Waals surface area contributed by atoms with E-state index in [1.807, 2.05) is 32.0 Å². The molecular formula is C20H24N2O3S. The zero-order valence-electron chi connectivity index (χ0n) is 15.2. The molecule has 0 aliphatic heterocycles. The van der Waals surface area contributed by atoms with Gasteiger partial charge in [-0.05, 0) is 74.6 Å². The summed E-state index contributed by atoms with van der Waals surface area (Å²) < 4.78 is 27.9. The average molecular weight is 372 g/mol. The molecular weight excluding hydrogens is 348 g/mol. The molecule has 0 saturated heterocycles. The van der Waals surface area contributed by atoms with Crippen LogP contribution in [0, 0.1) is 19.8 Å². The van der Waals surface area contributed by atoms with E-state index in [0.717, 1.165) is 35.2 Å². The predicted molar refractivity (Wildman–Crippen MR) is 102 cm³/mol. The molecule has 5 nitrogen and oxygen atoms in total. The van der Waals surface area contributed by atoms with Crippen LogP contribution in [0.2, 0.25) is 0 Å². The second-order valence-electron chi connectivity index (χ2n) is 6.97. The number of hydrogen-bond donors (Lipinski definition) is 2. The van der Waals surface area contributed by atoms with Gasteiger partial charge in [0, 0.05) is 17.6 Å². The van der Waals surface area contributed by atoms with Crippen LogP contribution in [0.15, 0.2) is 47.4 Å². The van der Waals surface area contributed by atoms with E-state index in [0.29, 0.717) is 0 Å². The first kappa shape index (κ1) is 18.6. The molecule has 0 radical (unpaired) electrons. The monoisotopic (exact) mass is 372 g/mol. The molecule has 1 amide bonds. The van der Waals surface area contributed by atoms with Gasteiger partial charge in [-0.15, -0.1) is 0 Å². The Labute approximate surface area is 154 Å². The van der Waals surface area contributed by atoms with Gasteiger partial charge in [0.1, 0.15) is 0 Å². The number of hydrogen-bond acceptors (Lipinski definition) is 3. The summed E-state index contributed by atoms with van der Waals surface area (Å²) in [6.45, 7) is 5.65. The van der Waals surface area contributed by atoms with Gasteiger partial charge in [-0.3, -0.25) is 4.79 Å². The van der Waals surface area contributed by atoms with Crippen molar-refractivity contribution in [1.29, 1.82) is 0 Å². The van der Waals surface area contributed by atoms with Crippen LogP contribution in [-0.4, -0.2) is 14.3 Å². The van der Waals surface area contributed by atoms with E-state index < -0.39 is 10.0 Å². The fourth-order valence-corrected chi connectivity index (χ4v) is 4.01. The number of amides is 1. The van der Waals surface area contributed by atoms with Gasteiger partial charge in [0.2, 0.25) is 15.9 Å². The Kier molecular flexibility index (Phi) is 5.16. The minimum absolute atomic E-state index is 0.0567. The van der Waals surface area contributed by atoms with Crippen LogP contribution in [0.25, 0.3) is 0 Å². The Balaban J connectivity index is 1.69. The molecule has 1 unspecified atom stereocenters. The minimum atomic E-state index is -3.60. The Bertz CT molecular complexity index is 917. The van der Waals surface area contributed by atoms with Crippen molar-refractivity contribution in [2.45, 2.75) is 44.6 Å². The summed E-state index contributed by atoms with van der Waals surface area (Å²) in [5, 5.41) is 2.88. The molecule has 1 saturated carbocycles. The largest absolute Gasteiger partial charge is 0.326 e. The van der Waals surface area contributed by atoms with Crippen LogP contribution in [0.4, 0.5) is 5.69 Å². The van der Waals surface area contributed by atoms with E-state index >= 15 is 0 Å². The van der Waals surface area contributed by atoms with Gasteiger partial charge in [-0.25, -0.2) is 13.1 Å². The molecule has 26 heavy (non-hydrogen) atoms. The molecule has 138 valence electrons. The van der Waals surface area contributed by atoms with E-state index in [1.165, 1.54) is 0 Å². The van der Waals surface area contributed by atoms with Crippen LogP contribution in [0.3, 0.4) is 0 Å². The molecule has 2 aromatic rings. The molecule has 1 atom stereocenters. The summed E-state index contributed by atoms with van der Waals surface area (Å²) in [6.07, 6.45) is 1.92. The smallest absolute Gasteiger partial charge is 0.241 e. The molecule has 0 bridgehead atoms. The van der Waals surface area contributed by atoms with E-state index in [2.05, 4.69) is 10.0 Å². The van der Waals surface area contributed by atoms with E-state index in [1.54, 1.807) is 31.2 Å². The van der Waals surface area contributed by atoms with Crippen LogP contribution >= 0.6 is 0 Å². The molecule has 2 aromatic carbocycles. The summed E-state index contributed by atoms with van der Waals surface area (Å²) in [5.74, 6) is 0.208. The van der Waals surface area contributed by atoms with E-state index in [-0.39, 0.29) is 22.8 Å². The maximum Gasteiger partial charge on any atom is 0.241 e. The zero-order valence-corrected chi connectivity index (χ0v) is 16.1. The minimum Gasteiger partial charge on any atom is -0.326 e. The van der Waals surface area contributed by atoms with Gasteiger partial charge >= 0.3 is 0 Å². The summed E-state index contributed by atoms with van der Waals surface area (Å²) in [5.41, 5.74) is 3.56. The van der Waals surface area contributed by atoms with Crippen molar-refractivity contribution < 1.29 is 13.2 Å². The zero-order chi connectivity index (χ0) is 18.9. The molecule has 1 aliphatic carbocycles. The highest BCUT2D eigenvalue weighted by Gasteiger charge is 2.29. The lowest BCUT2D eigenvalue weighted by atomic mass is 10.1. The SMILES string of the molecule is Cc1ccc(S(=O)(=O)NC(C)c2ccc(NC(=O)C3CC3)cc2)cc1C. The number of benzene rings is 2. The topological polar surface area (TPSA) is 75.3 Å². The number of rotatable bonds is 6. The van der Waals surface area contributed by atoms with Crippen molar-refractivity contribution in [2.24, 2.45) is 5.92 Å². The molecule has 0 heterocycles. The Morgan fingerprint density at radius 1 is 1.04 bits per heavy atom. The van der Waals surface area contributed by atoms with Crippen LogP contribution in [0.5, 0.6) is 0 Å². The quantitative estimate of drug-likeness (QED) is 0.812. The fraction of sp³-hybridized carbons (Fsp3) is 0.350.